The van der Waals surface area contributed by atoms with Gasteiger partial charge in [0.15, 0.2) is 0 Å². The number of rotatable bonds is 3. The molecule has 0 unspecified atom stereocenters. The average molecular weight is 269 g/mol. The predicted molar refractivity (Wildman–Crippen MR) is 80.5 cm³/mol. The fraction of sp³-hybridized carbons (Fsp3) is 0.0625. The van der Waals surface area contributed by atoms with Gasteiger partial charge in [0, 0.05) is 30.0 Å². The third-order valence-electron chi connectivity index (χ3n) is 3.12. The van der Waals surface area contributed by atoms with E-state index in [0.717, 1.165) is 11.3 Å². The molecule has 1 heterocycles. The van der Waals surface area contributed by atoms with Crippen molar-refractivity contribution < 1.29 is 0 Å². The molecule has 0 radical (unpaired) electrons. The molecule has 2 aromatic carbocycles. The van der Waals surface area contributed by atoms with Crippen LogP contribution in [0.25, 0.3) is 10.8 Å². The van der Waals surface area contributed by atoms with Crippen molar-refractivity contribution in [1.29, 1.82) is 0 Å². The van der Waals surface area contributed by atoms with Crippen LogP contribution in [0.5, 0.6) is 0 Å². The van der Waals surface area contributed by atoms with E-state index in [1.54, 1.807) is 12.4 Å². The molecule has 1 aromatic heterocycles. The van der Waals surface area contributed by atoms with E-state index in [0.29, 0.717) is 11.6 Å². The van der Waals surface area contributed by atoms with Gasteiger partial charge in [-0.2, -0.15) is 0 Å². The molecular weight excluding hydrogens is 256 g/mol. The maximum Gasteiger partial charge on any atom is 0.0639 e. The summed E-state index contributed by atoms with van der Waals surface area (Å²) < 4.78 is 0. The zero-order valence-corrected chi connectivity index (χ0v) is 11.1. The molecule has 19 heavy (non-hydrogen) atoms. The highest BCUT2D eigenvalue weighted by Crippen LogP contribution is 2.24. The van der Waals surface area contributed by atoms with Crippen molar-refractivity contribution in [3.8, 4) is 0 Å². The molecule has 94 valence electrons. The first kappa shape index (κ1) is 12.0. The van der Waals surface area contributed by atoms with Crippen molar-refractivity contribution in [2.45, 2.75) is 6.54 Å². The fourth-order valence-corrected chi connectivity index (χ4v) is 2.30. The van der Waals surface area contributed by atoms with Gasteiger partial charge in [-0.15, -0.1) is 0 Å². The Kier molecular flexibility index (Phi) is 3.34. The zero-order valence-electron chi connectivity index (χ0n) is 10.3. The lowest BCUT2D eigenvalue weighted by molar-refractivity contribution is 1.13. The van der Waals surface area contributed by atoms with Crippen LogP contribution in [0, 0.1) is 0 Å². The SMILES string of the molecule is Clc1cnccc1CNc1cccc2ccccc12. The summed E-state index contributed by atoms with van der Waals surface area (Å²) in [5.41, 5.74) is 2.16. The van der Waals surface area contributed by atoms with Gasteiger partial charge in [0.1, 0.15) is 0 Å². The highest BCUT2D eigenvalue weighted by molar-refractivity contribution is 6.31. The van der Waals surface area contributed by atoms with Crippen LogP contribution in [0.4, 0.5) is 5.69 Å². The van der Waals surface area contributed by atoms with Crippen molar-refractivity contribution in [2.75, 3.05) is 5.32 Å². The highest BCUT2D eigenvalue weighted by atomic mass is 35.5. The molecule has 0 aliphatic heterocycles. The summed E-state index contributed by atoms with van der Waals surface area (Å²) in [5.74, 6) is 0. The Hall–Kier alpha value is -2.06. The number of aromatic nitrogens is 1. The minimum absolute atomic E-state index is 0.690. The Morgan fingerprint density at radius 1 is 1.00 bits per heavy atom. The molecule has 0 aliphatic rings. The van der Waals surface area contributed by atoms with Crippen molar-refractivity contribution >= 4 is 28.1 Å². The van der Waals surface area contributed by atoms with Gasteiger partial charge >= 0.3 is 0 Å². The van der Waals surface area contributed by atoms with Crippen LogP contribution < -0.4 is 5.32 Å². The second-order valence-electron chi connectivity index (χ2n) is 4.35. The molecule has 3 heteroatoms. The monoisotopic (exact) mass is 268 g/mol. The lowest BCUT2D eigenvalue weighted by atomic mass is 10.1. The zero-order chi connectivity index (χ0) is 13.1. The van der Waals surface area contributed by atoms with Crippen molar-refractivity contribution in [3.05, 3.63) is 71.5 Å². The minimum atomic E-state index is 0.690. The van der Waals surface area contributed by atoms with E-state index in [1.807, 2.05) is 18.2 Å². The average Bonchev–Trinajstić information content (AvgIpc) is 2.46. The van der Waals surface area contributed by atoms with E-state index in [1.165, 1.54) is 10.8 Å². The summed E-state index contributed by atoms with van der Waals surface area (Å²) in [6, 6.07) is 16.5. The smallest absolute Gasteiger partial charge is 0.0639 e. The van der Waals surface area contributed by atoms with Crippen molar-refractivity contribution in [1.82, 2.24) is 4.98 Å². The minimum Gasteiger partial charge on any atom is -0.380 e. The van der Waals surface area contributed by atoms with Crippen LogP contribution in [0.1, 0.15) is 5.56 Å². The number of hydrogen-bond acceptors (Lipinski definition) is 2. The Morgan fingerprint density at radius 2 is 1.84 bits per heavy atom. The summed E-state index contributed by atoms with van der Waals surface area (Å²) in [6.07, 6.45) is 3.42. The first-order chi connectivity index (χ1) is 9.34. The normalized spacial score (nSPS) is 10.6. The Balaban J connectivity index is 1.88. The molecule has 0 saturated heterocycles. The predicted octanol–water partition coefficient (Wildman–Crippen LogP) is 4.50. The molecule has 1 N–H and O–H groups in total. The van der Waals surface area contributed by atoms with Crippen molar-refractivity contribution in [3.63, 3.8) is 0 Å². The highest BCUT2D eigenvalue weighted by Gasteiger charge is 2.02. The standard InChI is InChI=1S/C16H13ClN2/c17-15-11-18-9-8-13(15)10-19-16-7-3-5-12-4-1-2-6-14(12)16/h1-9,11,19H,10H2. The number of nitrogens with one attached hydrogen (secondary N) is 1. The maximum atomic E-state index is 6.11. The van der Waals surface area contributed by atoms with Gasteiger partial charge in [-0.1, -0.05) is 48.0 Å². The third-order valence-corrected chi connectivity index (χ3v) is 3.46. The molecule has 2 nitrogen and oxygen atoms in total. The Morgan fingerprint density at radius 3 is 2.74 bits per heavy atom. The molecule has 0 atom stereocenters. The van der Waals surface area contributed by atoms with Crippen LogP contribution in [0.3, 0.4) is 0 Å². The molecule has 3 rings (SSSR count). The van der Waals surface area contributed by atoms with Gasteiger partial charge in [0.05, 0.1) is 5.02 Å². The number of anilines is 1. The number of hydrogen-bond donors (Lipinski definition) is 1. The van der Waals surface area contributed by atoms with E-state index in [9.17, 15) is 0 Å². The van der Waals surface area contributed by atoms with Gasteiger partial charge in [0.25, 0.3) is 0 Å². The van der Waals surface area contributed by atoms with E-state index in [2.05, 4.69) is 40.6 Å². The number of pyridine rings is 1. The van der Waals surface area contributed by atoms with Crippen LogP contribution >= 0.6 is 11.6 Å². The first-order valence-corrected chi connectivity index (χ1v) is 6.52. The number of nitrogens with zero attached hydrogens (tertiary/aromatic N) is 1. The van der Waals surface area contributed by atoms with Crippen LogP contribution in [-0.2, 0) is 6.54 Å². The summed E-state index contributed by atoms with van der Waals surface area (Å²) in [7, 11) is 0. The molecule has 0 saturated carbocycles. The van der Waals surface area contributed by atoms with Gasteiger partial charge < -0.3 is 5.32 Å². The molecule has 3 aromatic rings. The fourth-order valence-electron chi connectivity index (χ4n) is 2.12. The van der Waals surface area contributed by atoms with Gasteiger partial charge in [-0.05, 0) is 23.1 Å². The molecule has 0 aliphatic carbocycles. The van der Waals surface area contributed by atoms with Crippen LogP contribution in [0.15, 0.2) is 60.9 Å². The number of benzene rings is 2. The Labute approximate surface area is 117 Å². The van der Waals surface area contributed by atoms with E-state index in [-0.39, 0.29) is 0 Å². The lowest BCUT2D eigenvalue weighted by Gasteiger charge is -2.10. The van der Waals surface area contributed by atoms with Gasteiger partial charge in [-0.3, -0.25) is 4.98 Å². The summed E-state index contributed by atoms with van der Waals surface area (Å²) >= 11 is 6.11. The number of fused-ring (bicyclic) bond motifs is 1. The molecule has 0 fully saturated rings. The van der Waals surface area contributed by atoms with Crippen LogP contribution in [0.2, 0.25) is 5.02 Å². The molecular formula is C16H13ClN2. The summed E-state index contributed by atoms with van der Waals surface area (Å²) in [5, 5.41) is 6.57. The quantitative estimate of drug-likeness (QED) is 0.756. The Bertz CT molecular complexity index is 704. The first-order valence-electron chi connectivity index (χ1n) is 6.14. The number of halogens is 1. The van der Waals surface area contributed by atoms with E-state index < -0.39 is 0 Å². The molecule has 0 spiro atoms. The van der Waals surface area contributed by atoms with Crippen molar-refractivity contribution in [2.24, 2.45) is 0 Å². The van der Waals surface area contributed by atoms with E-state index >= 15 is 0 Å². The topological polar surface area (TPSA) is 24.9 Å². The lowest BCUT2D eigenvalue weighted by Crippen LogP contribution is -2.00. The van der Waals surface area contributed by atoms with Gasteiger partial charge in [0.2, 0.25) is 0 Å². The van der Waals surface area contributed by atoms with E-state index in [4.69, 9.17) is 11.6 Å². The largest absolute Gasteiger partial charge is 0.380 e. The maximum absolute atomic E-state index is 6.11. The second kappa shape index (κ2) is 5.29. The second-order valence-corrected chi connectivity index (χ2v) is 4.75. The summed E-state index contributed by atoms with van der Waals surface area (Å²) in [6.45, 7) is 0.690. The van der Waals surface area contributed by atoms with Crippen LogP contribution in [-0.4, -0.2) is 4.98 Å². The molecule has 0 bridgehead atoms. The summed E-state index contributed by atoms with van der Waals surface area (Å²) in [4.78, 5) is 3.99. The molecule has 0 amide bonds. The third kappa shape index (κ3) is 2.54. The van der Waals surface area contributed by atoms with Gasteiger partial charge in [-0.25, -0.2) is 0 Å².